The van der Waals surface area contributed by atoms with Crippen molar-refractivity contribution in [2.45, 2.75) is 12.7 Å². The first-order valence-corrected chi connectivity index (χ1v) is 10.5. The number of pyridine rings is 1. The molecule has 0 amide bonds. The van der Waals surface area contributed by atoms with Crippen LogP contribution in [0.3, 0.4) is 0 Å². The minimum absolute atomic E-state index is 0.000208. The highest BCUT2D eigenvalue weighted by Gasteiger charge is 2.32. The molecule has 1 fully saturated rings. The Morgan fingerprint density at radius 1 is 1.06 bits per heavy atom. The van der Waals surface area contributed by atoms with Gasteiger partial charge in [-0.2, -0.15) is 13.2 Å². The molecule has 1 aliphatic rings. The lowest BCUT2D eigenvalue weighted by molar-refractivity contribution is -0.137. The maximum atomic E-state index is 12.8. The number of rotatable bonds is 5. The van der Waals surface area contributed by atoms with E-state index < -0.39 is 11.7 Å². The summed E-state index contributed by atoms with van der Waals surface area (Å²) in [5, 5.41) is -0.000208. The Morgan fingerprint density at radius 2 is 1.75 bits per heavy atom. The van der Waals surface area contributed by atoms with Crippen LogP contribution in [0.5, 0.6) is 0 Å². The molecule has 0 saturated carbocycles. The zero-order valence-electron chi connectivity index (χ0n) is 17.4. The highest BCUT2D eigenvalue weighted by atomic mass is 35.5. The molecule has 0 aliphatic carbocycles. The molecule has 1 saturated heterocycles. The molecular formula is C23H22ClF3N4O. The molecule has 0 atom stereocenters. The lowest BCUT2D eigenvalue weighted by Gasteiger charge is -2.35. The van der Waals surface area contributed by atoms with Crippen molar-refractivity contribution in [3.8, 4) is 0 Å². The smallest absolute Gasteiger partial charge is 0.353 e. The Hall–Kier alpha value is -2.84. The number of alkyl halides is 3. The van der Waals surface area contributed by atoms with Gasteiger partial charge in [0.25, 0.3) is 0 Å². The molecule has 9 heteroatoms. The third kappa shape index (κ3) is 4.81. The van der Waals surface area contributed by atoms with Gasteiger partial charge in [0.1, 0.15) is 5.82 Å². The summed E-state index contributed by atoms with van der Waals surface area (Å²) in [4.78, 5) is 20.8. The van der Waals surface area contributed by atoms with Gasteiger partial charge in [-0.15, -0.1) is 0 Å². The van der Waals surface area contributed by atoms with Gasteiger partial charge in [-0.05, 0) is 12.1 Å². The summed E-state index contributed by atoms with van der Waals surface area (Å²) in [5.41, 5.74) is 1.46. The fourth-order valence-electron chi connectivity index (χ4n) is 3.81. The van der Waals surface area contributed by atoms with E-state index in [4.69, 9.17) is 11.6 Å². The minimum atomic E-state index is -4.47. The van der Waals surface area contributed by atoms with Gasteiger partial charge >= 0.3 is 6.18 Å². The number of nitrogens with zero attached hydrogens (tertiary/aromatic N) is 4. The van der Waals surface area contributed by atoms with E-state index in [-0.39, 0.29) is 10.8 Å². The van der Waals surface area contributed by atoms with E-state index in [2.05, 4.69) is 9.88 Å². The molecule has 0 unspecified atom stereocenters. The molecule has 4 rings (SSSR count). The van der Waals surface area contributed by atoms with E-state index in [0.717, 1.165) is 18.0 Å². The van der Waals surface area contributed by atoms with Gasteiger partial charge in [0, 0.05) is 69.0 Å². The summed E-state index contributed by atoms with van der Waals surface area (Å²) in [6, 6.07) is 12.0. The standard InChI is InChI=1S/C23H22ClF3N4O/c1-29-14-17(21(32)16-5-3-2-4-6-16)11-19(29)15-30-7-9-31(10-8-30)22-20(24)12-18(13-28-22)23(25,26)27/h2-6,11-14H,7-10,15H2,1H3. The highest BCUT2D eigenvalue weighted by Crippen LogP contribution is 2.33. The van der Waals surface area contributed by atoms with E-state index in [0.29, 0.717) is 49.7 Å². The second-order valence-electron chi connectivity index (χ2n) is 7.82. The van der Waals surface area contributed by atoms with Crippen molar-refractivity contribution in [1.82, 2.24) is 14.5 Å². The number of halogens is 4. The Kier molecular flexibility index (Phi) is 6.26. The highest BCUT2D eigenvalue weighted by molar-refractivity contribution is 6.33. The van der Waals surface area contributed by atoms with Crippen molar-refractivity contribution >= 4 is 23.2 Å². The predicted molar refractivity (Wildman–Crippen MR) is 117 cm³/mol. The Morgan fingerprint density at radius 3 is 2.38 bits per heavy atom. The van der Waals surface area contributed by atoms with Gasteiger partial charge < -0.3 is 9.47 Å². The van der Waals surface area contributed by atoms with Crippen LogP contribution in [0.2, 0.25) is 5.02 Å². The topological polar surface area (TPSA) is 41.4 Å². The largest absolute Gasteiger partial charge is 0.417 e. The molecule has 1 aliphatic heterocycles. The second-order valence-corrected chi connectivity index (χ2v) is 8.22. The van der Waals surface area contributed by atoms with E-state index in [1.807, 2.05) is 47.0 Å². The molecular weight excluding hydrogens is 441 g/mol. The number of anilines is 1. The number of hydrogen-bond acceptors (Lipinski definition) is 4. The first-order chi connectivity index (χ1) is 15.2. The fourth-order valence-corrected chi connectivity index (χ4v) is 4.10. The molecule has 32 heavy (non-hydrogen) atoms. The van der Waals surface area contributed by atoms with Crippen molar-refractivity contribution < 1.29 is 18.0 Å². The van der Waals surface area contributed by atoms with Crippen LogP contribution >= 0.6 is 11.6 Å². The number of ketones is 1. The molecule has 0 radical (unpaired) electrons. The number of aryl methyl sites for hydroxylation is 1. The summed E-state index contributed by atoms with van der Waals surface area (Å²) in [6.07, 6.45) is -1.81. The quantitative estimate of drug-likeness (QED) is 0.518. The molecule has 0 spiro atoms. The second kappa shape index (κ2) is 8.96. The van der Waals surface area contributed by atoms with Crippen LogP contribution in [-0.2, 0) is 19.8 Å². The van der Waals surface area contributed by atoms with Crippen molar-refractivity contribution in [3.05, 3.63) is 82.3 Å². The average molecular weight is 463 g/mol. The van der Waals surface area contributed by atoms with Crippen LogP contribution in [0.1, 0.15) is 27.2 Å². The number of carbonyl (C=O) groups excluding carboxylic acids is 1. The zero-order valence-corrected chi connectivity index (χ0v) is 18.2. The van der Waals surface area contributed by atoms with Gasteiger partial charge in [-0.25, -0.2) is 4.98 Å². The Balaban J connectivity index is 1.39. The van der Waals surface area contributed by atoms with Crippen molar-refractivity contribution in [2.24, 2.45) is 7.05 Å². The monoisotopic (exact) mass is 462 g/mol. The van der Waals surface area contributed by atoms with Crippen LogP contribution in [0.15, 0.2) is 54.9 Å². The lowest BCUT2D eigenvalue weighted by Crippen LogP contribution is -2.46. The van der Waals surface area contributed by atoms with Crippen molar-refractivity contribution in [1.29, 1.82) is 0 Å². The van der Waals surface area contributed by atoms with Crippen LogP contribution < -0.4 is 4.90 Å². The molecule has 2 aromatic heterocycles. The fraction of sp³-hybridized carbons (Fsp3) is 0.304. The normalized spacial score (nSPS) is 15.2. The van der Waals surface area contributed by atoms with Crippen molar-refractivity contribution in [3.63, 3.8) is 0 Å². The van der Waals surface area contributed by atoms with Crippen LogP contribution in [-0.4, -0.2) is 46.4 Å². The van der Waals surface area contributed by atoms with Crippen LogP contribution in [0, 0.1) is 0 Å². The predicted octanol–water partition coefficient (Wildman–Crippen LogP) is 4.65. The third-order valence-corrected chi connectivity index (χ3v) is 5.89. The summed E-state index contributed by atoms with van der Waals surface area (Å²) >= 11 is 6.09. The van der Waals surface area contributed by atoms with Gasteiger partial charge in [-0.1, -0.05) is 41.9 Å². The molecule has 5 nitrogen and oxygen atoms in total. The lowest BCUT2D eigenvalue weighted by atomic mass is 10.1. The van der Waals surface area contributed by atoms with Crippen LogP contribution in [0.25, 0.3) is 0 Å². The van der Waals surface area contributed by atoms with E-state index in [1.165, 1.54) is 0 Å². The molecule has 1 aromatic carbocycles. The summed E-state index contributed by atoms with van der Waals surface area (Å²) in [5.74, 6) is 0.356. The Bertz CT molecular complexity index is 1110. The average Bonchev–Trinajstić information content (AvgIpc) is 3.14. The molecule has 3 aromatic rings. The molecule has 0 bridgehead atoms. The van der Waals surface area contributed by atoms with Crippen molar-refractivity contribution in [2.75, 3.05) is 31.1 Å². The summed E-state index contributed by atoms with van der Waals surface area (Å²) in [7, 11) is 1.92. The summed E-state index contributed by atoms with van der Waals surface area (Å²) < 4.78 is 40.5. The maximum absolute atomic E-state index is 12.8. The summed E-state index contributed by atoms with van der Waals surface area (Å²) in [6.45, 7) is 3.26. The van der Waals surface area contributed by atoms with E-state index >= 15 is 0 Å². The van der Waals surface area contributed by atoms with Gasteiger partial charge in [0.2, 0.25) is 0 Å². The van der Waals surface area contributed by atoms with Crippen LogP contribution in [0.4, 0.5) is 19.0 Å². The number of aromatic nitrogens is 2. The number of piperazine rings is 1. The Labute approximate surface area is 189 Å². The molecule has 0 N–H and O–H groups in total. The maximum Gasteiger partial charge on any atom is 0.417 e. The number of carbonyl (C=O) groups is 1. The third-order valence-electron chi connectivity index (χ3n) is 5.61. The van der Waals surface area contributed by atoms with Gasteiger partial charge in [0.15, 0.2) is 5.78 Å². The van der Waals surface area contributed by atoms with Gasteiger partial charge in [-0.3, -0.25) is 9.69 Å². The zero-order chi connectivity index (χ0) is 22.9. The number of benzene rings is 1. The molecule has 168 valence electrons. The first kappa shape index (κ1) is 22.4. The first-order valence-electron chi connectivity index (χ1n) is 10.2. The minimum Gasteiger partial charge on any atom is -0.353 e. The van der Waals surface area contributed by atoms with E-state index in [9.17, 15) is 18.0 Å². The SMILES string of the molecule is Cn1cc(C(=O)c2ccccc2)cc1CN1CCN(c2ncc(C(F)(F)F)cc2Cl)CC1. The van der Waals surface area contributed by atoms with Gasteiger partial charge in [0.05, 0.1) is 10.6 Å². The number of hydrogen-bond donors (Lipinski definition) is 0. The molecule has 3 heterocycles. The van der Waals surface area contributed by atoms with E-state index in [1.54, 1.807) is 12.1 Å².